The molecule has 0 radical (unpaired) electrons. The first-order valence-electron chi connectivity index (χ1n) is 2.00. The summed E-state index contributed by atoms with van der Waals surface area (Å²) >= 11 is 1.41. The van der Waals surface area contributed by atoms with Crippen LogP contribution in [0.4, 0.5) is 0 Å². The Morgan fingerprint density at radius 2 is 2.00 bits per heavy atom. The van der Waals surface area contributed by atoms with Gasteiger partial charge in [-0.15, -0.1) is 0 Å². The van der Waals surface area contributed by atoms with Gasteiger partial charge in [0.05, 0.1) is 0 Å². The molecule has 0 rings (SSSR count). The summed E-state index contributed by atoms with van der Waals surface area (Å²) in [5.41, 5.74) is 0.981. The van der Waals surface area contributed by atoms with Crippen molar-refractivity contribution in [2.75, 3.05) is 0 Å². The van der Waals surface area contributed by atoms with E-state index in [4.69, 9.17) is 5.11 Å². The van der Waals surface area contributed by atoms with Gasteiger partial charge < -0.3 is 0 Å². The van der Waals surface area contributed by atoms with Gasteiger partial charge in [-0.25, -0.2) is 0 Å². The Labute approximate surface area is 54.5 Å². The van der Waals surface area contributed by atoms with Crippen molar-refractivity contribution in [3.63, 3.8) is 0 Å². The van der Waals surface area contributed by atoms with Crippen molar-refractivity contribution in [2.24, 2.45) is 0 Å². The second-order valence-corrected chi connectivity index (χ2v) is 3.57. The monoisotopic (exact) mass is 268 g/mol. The molecule has 0 aliphatic rings. The third-order valence-corrected chi connectivity index (χ3v) is 1.91. The molecule has 0 aromatic carbocycles. The third kappa shape index (κ3) is 2.75. The minimum absolute atomic E-state index is 0.981. The molecule has 0 spiro atoms. The van der Waals surface area contributed by atoms with Crippen LogP contribution in [0.25, 0.3) is 0 Å². The van der Waals surface area contributed by atoms with Crippen molar-refractivity contribution in [2.45, 2.75) is 13.8 Å². The Hall–Kier alpha value is 0.0983. The molecule has 0 amide bonds. The van der Waals surface area contributed by atoms with Crippen molar-refractivity contribution in [3.05, 3.63) is 11.8 Å². The standard InChI is InChI=1S/C5H8O.W/c1-3-5(2)4-6;/h4,6H,1-2H3;. The summed E-state index contributed by atoms with van der Waals surface area (Å²) in [7, 11) is 0. The Bertz CT molecular complexity index is 105. The molecule has 0 saturated carbocycles. The summed E-state index contributed by atoms with van der Waals surface area (Å²) in [6, 6.07) is 0. The van der Waals surface area contributed by atoms with E-state index in [2.05, 4.69) is 0 Å². The summed E-state index contributed by atoms with van der Waals surface area (Å²) in [6.07, 6.45) is 1.14. The zero-order valence-corrected chi connectivity index (χ0v) is 7.37. The number of aliphatic hydroxyl groups excluding tert-OH is 1. The van der Waals surface area contributed by atoms with Gasteiger partial charge in [-0.2, -0.15) is 0 Å². The quantitative estimate of drug-likeness (QED) is 0.708. The van der Waals surface area contributed by atoms with E-state index in [1.54, 1.807) is 0 Å². The fourth-order valence-corrected chi connectivity index (χ4v) is 0.280. The molecule has 1 N–H and O–H groups in total. The first-order chi connectivity index (χ1) is 3.18. The first kappa shape index (κ1) is 7.10. The van der Waals surface area contributed by atoms with Crippen LogP contribution in [0, 0.1) is 0 Å². The third-order valence-electron chi connectivity index (χ3n) is 0.749. The van der Waals surface area contributed by atoms with Gasteiger partial charge in [-0.1, -0.05) is 0 Å². The predicted octanol–water partition coefficient (Wildman–Crippen LogP) is 1.19. The molecule has 0 bridgehead atoms. The molecule has 0 atom stereocenters. The summed E-state index contributed by atoms with van der Waals surface area (Å²) in [5, 5.41) is 8.34. The average Bonchev–Trinajstić information content (AvgIpc) is 1.65. The van der Waals surface area contributed by atoms with Crippen LogP contribution in [-0.4, -0.2) is 9.00 Å². The zero-order valence-electron chi connectivity index (χ0n) is 4.43. The maximum absolute atomic E-state index is 8.34. The first-order valence-corrected chi connectivity index (χ1v) is 3.47. The zero-order chi connectivity index (χ0) is 5.86. The van der Waals surface area contributed by atoms with Gasteiger partial charge in [0.2, 0.25) is 0 Å². The van der Waals surface area contributed by atoms with Crippen LogP contribution >= 0.6 is 0 Å². The molecule has 0 aliphatic carbocycles. The van der Waals surface area contributed by atoms with E-state index in [1.165, 1.54) is 23.3 Å². The Morgan fingerprint density at radius 1 is 1.57 bits per heavy atom. The average molecular weight is 268 g/mol. The van der Waals surface area contributed by atoms with Crippen LogP contribution in [0.3, 0.4) is 0 Å². The topological polar surface area (TPSA) is 20.2 Å². The molecular weight excluding hydrogens is 260 g/mol. The van der Waals surface area contributed by atoms with Crippen molar-refractivity contribution in [3.8, 4) is 0 Å². The van der Waals surface area contributed by atoms with Crippen LogP contribution in [0.1, 0.15) is 13.8 Å². The molecule has 1 nitrogen and oxygen atoms in total. The second-order valence-electron chi connectivity index (χ2n) is 1.37. The number of rotatable bonds is 1. The van der Waals surface area contributed by atoms with Crippen LogP contribution in [0.15, 0.2) is 11.8 Å². The van der Waals surface area contributed by atoms with Gasteiger partial charge in [0.15, 0.2) is 0 Å². The Balaban J connectivity index is 3.82. The molecular formula is C5H8OW. The molecule has 40 valence electrons. The molecule has 7 heavy (non-hydrogen) atoms. The van der Waals surface area contributed by atoms with E-state index in [-0.39, 0.29) is 0 Å². The van der Waals surface area contributed by atoms with E-state index >= 15 is 0 Å². The van der Waals surface area contributed by atoms with E-state index in [0.29, 0.717) is 0 Å². The molecule has 2 heteroatoms. The fourth-order valence-electron chi connectivity index (χ4n) is 0.0909. The van der Waals surface area contributed by atoms with E-state index in [1.807, 2.05) is 13.8 Å². The van der Waals surface area contributed by atoms with Crippen molar-refractivity contribution in [1.82, 2.24) is 0 Å². The molecule has 0 aromatic heterocycles. The normalized spacial score (nSPS) is 11.4. The maximum atomic E-state index is 8.34. The predicted molar refractivity (Wildman–Crippen MR) is 27.1 cm³/mol. The van der Waals surface area contributed by atoms with E-state index in [9.17, 15) is 0 Å². The SMILES string of the molecule is C[C](=[W])C(C)=CO. The Kier molecular flexibility index (Phi) is 3.19. The van der Waals surface area contributed by atoms with Crippen LogP contribution in [0.2, 0.25) is 0 Å². The summed E-state index contributed by atoms with van der Waals surface area (Å²) in [5.74, 6) is 0. The van der Waals surface area contributed by atoms with Crippen molar-refractivity contribution < 1.29 is 24.5 Å². The Morgan fingerprint density at radius 3 is 2.00 bits per heavy atom. The van der Waals surface area contributed by atoms with Crippen LogP contribution in [-0.2, 0) is 19.4 Å². The number of hydrogen-bond donors (Lipinski definition) is 1. The van der Waals surface area contributed by atoms with Gasteiger partial charge in [0.1, 0.15) is 0 Å². The van der Waals surface area contributed by atoms with Crippen LogP contribution in [0.5, 0.6) is 0 Å². The minimum atomic E-state index is 0.981. The molecule has 0 heterocycles. The molecule has 0 aliphatic heterocycles. The van der Waals surface area contributed by atoms with Crippen molar-refractivity contribution >= 4 is 3.90 Å². The molecule has 0 fully saturated rings. The second kappa shape index (κ2) is 3.15. The van der Waals surface area contributed by atoms with E-state index < -0.39 is 0 Å². The molecule has 0 unspecified atom stereocenters. The van der Waals surface area contributed by atoms with Gasteiger partial charge in [0, 0.05) is 0 Å². The number of hydrogen-bond acceptors (Lipinski definition) is 1. The summed E-state index contributed by atoms with van der Waals surface area (Å²) in [4.78, 5) is 0. The van der Waals surface area contributed by atoms with Gasteiger partial charge >= 0.3 is 54.0 Å². The van der Waals surface area contributed by atoms with Gasteiger partial charge in [0.25, 0.3) is 0 Å². The van der Waals surface area contributed by atoms with E-state index in [0.717, 1.165) is 11.8 Å². The molecule has 0 saturated heterocycles. The van der Waals surface area contributed by atoms with Gasteiger partial charge in [-0.3, -0.25) is 0 Å². The number of allylic oxidation sites excluding steroid dienone is 1. The molecule has 0 aromatic rings. The fraction of sp³-hybridized carbons (Fsp3) is 0.400. The summed E-state index contributed by atoms with van der Waals surface area (Å²) in [6.45, 7) is 3.89. The van der Waals surface area contributed by atoms with Gasteiger partial charge in [-0.05, 0) is 0 Å². The van der Waals surface area contributed by atoms with Crippen molar-refractivity contribution in [1.29, 1.82) is 0 Å². The number of aliphatic hydroxyl groups is 1. The van der Waals surface area contributed by atoms with Crippen LogP contribution < -0.4 is 0 Å². The summed E-state index contributed by atoms with van der Waals surface area (Å²) < 4.78 is 1.24.